The van der Waals surface area contributed by atoms with Gasteiger partial charge in [-0.1, -0.05) is 12.5 Å². The molecule has 0 bridgehead atoms. The van der Waals surface area contributed by atoms with Crippen molar-refractivity contribution in [3.63, 3.8) is 0 Å². The van der Waals surface area contributed by atoms with Crippen LogP contribution in [0.2, 0.25) is 0 Å². The zero-order chi connectivity index (χ0) is 11.7. The lowest BCUT2D eigenvalue weighted by molar-refractivity contribution is -0.175. The Labute approximate surface area is 86.5 Å². The summed E-state index contributed by atoms with van der Waals surface area (Å²) in [5.74, 6) is -1.87. The van der Waals surface area contributed by atoms with Gasteiger partial charge in [0.25, 0.3) is 0 Å². The van der Waals surface area contributed by atoms with Gasteiger partial charge in [0.05, 0.1) is 0 Å². The van der Waals surface area contributed by atoms with Crippen LogP contribution in [0.25, 0.3) is 0 Å². The monoisotopic (exact) mass is 221 g/mol. The average molecular weight is 221 g/mol. The molecule has 0 heterocycles. The molecule has 5 heteroatoms. The van der Waals surface area contributed by atoms with Crippen LogP contribution >= 0.6 is 0 Å². The summed E-state index contributed by atoms with van der Waals surface area (Å²) < 4.78 is 36.0. The van der Waals surface area contributed by atoms with Crippen LogP contribution in [-0.2, 0) is 4.79 Å². The summed E-state index contributed by atoms with van der Waals surface area (Å²) in [6, 6.07) is -0.516. The normalized spacial score (nSPS) is 21.3. The van der Waals surface area contributed by atoms with E-state index in [1.54, 1.807) is 13.0 Å². The first-order chi connectivity index (χ1) is 6.82. The average Bonchev–Trinajstić information content (AvgIpc) is 2.01. The Kier molecular flexibility index (Phi) is 3.11. The molecule has 0 aliphatic heterocycles. The van der Waals surface area contributed by atoms with Crippen molar-refractivity contribution in [1.29, 1.82) is 0 Å². The molecule has 1 rings (SSSR count). The molecule has 1 aliphatic carbocycles. The van der Waals surface area contributed by atoms with Gasteiger partial charge in [-0.25, -0.2) is 0 Å². The summed E-state index contributed by atoms with van der Waals surface area (Å²) in [6.07, 6.45) is -0.609. The standard InChI is InChI=1S/C10H14F3NO/c1-3-9(5-4-6-9)7(2)14-8(15)10(11,12)13/h3,7H,1,4-6H2,2H3,(H,14,15). The molecule has 1 atom stereocenters. The molecule has 0 radical (unpaired) electrons. The number of carbonyl (C=O) groups excluding carboxylic acids is 1. The van der Waals surface area contributed by atoms with Gasteiger partial charge in [0, 0.05) is 11.5 Å². The number of carbonyl (C=O) groups is 1. The number of alkyl halides is 3. The van der Waals surface area contributed by atoms with E-state index in [0.29, 0.717) is 0 Å². The summed E-state index contributed by atoms with van der Waals surface area (Å²) in [7, 11) is 0. The van der Waals surface area contributed by atoms with E-state index < -0.39 is 18.1 Å². The highest BCUT2D eigenvalue weighted by Crippen LogP contribution is 2.44. The molecule has 0 saturated heterocycles. The zero-order valence-electron chi connectivity index (χ0n) is 8.53. The van der Waals surface area contributed by atoms with E-state index in [1.807, 2.05) is 5.32 Å². The predicted molar refractivity (Wildman–Crippen MR) is 50.1 cm³/mol. The Morgan fingerprint density at radius 1 is 1.53 bits per heavy atom. The zero-order valence-corrected chi connectivity index (χ0v) is 8.53. The first-order valence-electron chi connectivity index (χ1n) is 4.83. The first kappa shape index (κ1) is 12.1. The second-order valence-electron chi connectivity index (χ2n) is 3.98. The molecule has 0 spiro atoms. The van der Waals surface area contributed by atoms with Gasteiger partial charge in [-0.2, -0.15) is 13.2 Å². The number of hydrogen-bond acceptors (Lipinski definition) is 1. The van der Waals surface area contributed by atoms with Crippen LogP contribution in [-0.4, -0.2) is 18.1 Å². The van der Waals surface area contributed by atoms with Crippen molar-refractivity contribution in [2.24, 2.45) is 5.41 Å². The molecule has 1 fully saturated rings. The number of hydrogen-bond donors (Lipinski definition) is 1. The van der Waals surface area contributed by atoms with E-state index in [-0.39, 0.29) is 5.41 Å². The maximum Gasteiger partial charge on any atom is 0.471 e. The van der Waals surface area contributed by atoms with Crippen molar-refractivity contribution in [2.45, 2.75) is 38.4 Å². The maximum atomic E-state index is 12.0. The Morgan fingerprint density at radius 3 is 2.33 bits per heavy atom. The summed E-state index contributed by atoms with van der Waals surface area (Å²) in [4.78, 5) is 10.7. The molecule has 86 valence electrons. The minimum atomic E-state index is -4.81. The lowest BCUT2D eigenvalue weighted by atomic mass is 9.64. The number of amides is 1. The lowest BCUT2D eigenvalue weighted by Gasteiger charge is -2.44. The highest BCUT2D eigenvalue weighted by Gasteiger charge is 2.44. The van der Waals surface area contributed by atoms with Crippen molar-refractivity contribution in [3.8, 4) is 0 Å². The van der Waals surface area contributed by atoms with E-state index in [9.17, 15) is 18.0 Å². The van der Waals surface area contributed by atoms with Crippen molar-refractivity contribution in [3.05, 3.63) is 12.7 Å². The van der Waals surface area contributed by atoms with Crippen LogP contribution in [0.15, 0.2) is 12.7 Å². The van der Waals surface area contributed by atoms with Crippen LogP contribution in [0.4, 0.5) is 13.2 Å². The molecule has 2 nitrogen and oxygen atoms in total. The number of nitrogens with one attached hydrogen (secondary N) is 1. The van der Waals surface area contributed by atoms with Crippen LogP contribution in [0, 0.1) is 5.41 Å². The molecule has 15 heavy (non-hydrogen) atoms. The predicted octanol–water partition coefficient (Wildman–Crippen LogP) is 2.41. The van der Waals surface area contributed by atoms with Crippen LogP contribution < -0.4 is 5.32 Å². The van der Waals surface area contributed by atoms with E-state index in [4.69, 9.17) is 0 Å². The molecular formula is C10H14F3NO. The molecular weight excluding hydrogens is 207 g/mol. The summed E-state index contributed by atoms with van der Waals surface area (Å²) in [5, 5.41) is 1.98. The Hall–Kier alpha value is -1.00. The van der Waals surface area contributed by atoms with Crippen molar-refractivity contribution in [1.82, 2.24) is 5.32 Å². The second kappa shape index (κ2) is 3.87. The third-order valence-corrected chi connectivity index (χ3v) is 3.16. The van der Waals surface area contributed by atoms with Gasteiger partial charge < -0.3 is 5.32 Å². The largest absolute Gasteiger partial charge is 0.471 e. The highest BCUT2D eigenvalue weighted by atomic mass is 19.4. The molecule has 1 amide bonds. The molecule has 1 N–H and O–H groups in total. The van der Waals surface area contributed by atoms with Gasteiger partial charge in [-0.05, 0) is 19.8 Å². The topological polar surface area (TPSA) is 29.1 Å². The lowest BCUT2D eigenvalue weighted by Crippen LogP contribution is -2.51. The van der Waals surface area contributed by atoms with Crippen molar-refractivity contribution in [2.75, 3.05) is 0 Å². The fourth-order valence-corrected chi connectivity index (χ4v) is 1.82. The summed E-state index contributed by atoms with van der Waals surface area (Å²) >= 11 is 0. The molecule has 0 aromatic carbocycles. The van der Waals surface area contributed by atoms with Gasteiger partial charge >= 0.3 is 12.1 Å². The molecule has 0 aromatic rings. The van der Waals surface area contributed by atoms with Crippen molar-refractivity contribution < 1.29 is 18.0 Å². The van der Waals surface area contributed by atoms with Crippen LogP contribution in [0.3, 0.4) is 0 Å². The minimum absolute atomic E-state index is 0.346. The third-order valence-electron chi connectivity index (χ3n) is 3.16. The SMILES string of the molecule is C=CC1(C(C)NC(=O)C(F)(F)F)CCC1. The Morgan fingerprint density at radius 2 is 2.07 bits per heavy atom. The minimum Gasteiger partial charge on any atom is -0.345 e. The smallest absolute Gasteiger partial charge is 0.345 e. The van der Waals surface area contributed by atoms with E-state index in [0.717, 1.165) is 19.3 Å². The molecule has 0 aromatic heterocycles. The molecule has 1 aliphatic rings. The van der Waals surface area contributed by atoms with Gasteiger partial charge in [0.15, 0.2) is 0 Å². The van der Waals surface area contributed by atoms with Gasteiger partial charge in [-0.3, -0.25) is 4.79 Å². The Balaban J connectivity index is 2.59. The third kappa shape index (κ3) is 2.33. The summed E-state index contributed by atoms with van der Waals surface area (Å²) in [5.41, 5.74) is -0.346. The van der Waals surface area contributed by atoms with E-state index in [2.05, 4.69) is 6.58 Å². The van der Waals surface area contributed by atoms with E-state index in [1.165, 1.54) is 0 Å². The quantitative estimate of drug-likeness (QED) is 0.728. The fourth-order valence-electron chi connectivity index (χ4n) is 1.82. The highest BCUT2D eigenvalue weighted by molar-refractivity contribution is 5.82. The maximum absolute atomic E-state index is 12.0. The van der Waals surface area contributed by atoms with E-state index >= 15 is 0 Å². The van der Waals surface area contributed by atoms with Gasteiger partial charge in [0.2, 0.25) is 0 Å². The molecule has 1 unspecified atom stereocenters. The van der Waals surface area contributed by atoms with Crippen LogP contribution in [0.5, 0.6) is 0 Å². The number of halogens is 3. The fraction of sp³-hybridized carbons (Fsp3) is 0.700. The first-order valence-corrected chi connectivity index (χ1v) is 4.83. The van der Waals surface area contributed by atoms with Gasteiger partial charge in [-0.15, -0.1) is 6.58 Å². The summed E-state index contributed by atoms with van der Waals surface area (Å²) in [6.45, 7) is 5.20. The number of rotatable bonds is 3. The van der Waals surface area contributed by atoms with Gasteiger partial charge in [0.1, 0.15) is 0 Å². The van der Waals surface area contributed by atoms with Crippen LogP contribution in [0.1, 0.15) is 26.2 Å². The molecule has 1 saturated carbocycles. The second-order valence-corrected chi connectivity index (χ2v) is 3.98. The Bertz CT molecular complexity index is 268. The van der Waals surface area contributed by atoms with Crippen molar-refractivity contribution >= 4 is 5.91 Å².